The van der Waals surface area contributed by atoms with Gasteiger partial charge in [-0.2, -0.15) is 0 Å². The van der Waals surface area contributed by atoms with Crippen LogP contribution in [0.15, 0.2) is 71.5 Å². The minimum atomic E-state index is -0.106. The van der Waals surface area contributed by atoms with Gasteiger partial charge in [-0.15, -0.1) is 0 Å². The molecule has 5 rings (SSSR count). The van der Waals surface area contributed by atoms with Crippen LogP contribution in [0.1, 0.15) is 17.1 Å². The van der Waals surface area contributed by atoms with E-state index >= 15 is 0 Å². The van der Waals surface area contributed by atoms with E-state index in [1.807, 2.05) is 54.6 Å². The molecule has 5 aromatic rings. The van der Waals surface area contributed by atoms with E-state index < -0.39 is 0 Å². The molecule has 0 aliphatic rings. The molecule has 4 nitrogen and oxygen atoms in total. The van der Waals surface area contributed by atoms with E-state index in [2.05, 4.69) is 53.3 Å². The number of hydrogen-bond donors (Lipinski definition) is 0. The second kappa shape index (κ2) is 8.22. The monoisotopic (exact) mass is 551 g/mol. The predicted octanol–water partition coefficient (Wildman–Crippen LogP) is 6.61. The van der Waals surface area contributed by atoms with Gasteiger partial charge in [0.15, 0.2) is 0 Å². The molecule has 0 aliphatic heterocycles. The van der Waals surface area contributed by atoms with E-state index in [4.69, 9.17) is 16.6 Å². The normalized spacial score (nSPS) is 11.8. The lowest BCUT2D eigenvalue weighted by Gasteiger charge is -2.12. The van der Waals surface area contributed by atoms with Crippen LogP contribution in [0, 0.1) is 10.5 Å². The molecule has 0 unspecified atom stereocenters. The number of fused-ring (bicyclic) bond motifs is 2. The van der Waals surface area contributed by atoms with Gasteiger partial charge in [0.1, 0.15) is 5.82 Å². The SMILES string of the molecule is Cc1c(C=Cc2nc3ccc(I)cc3c(=O)n2-c2ccc(Cl)cc2)c2ccccc2n1C. The van der Waals surface area contributed by atoms with Crippen LogP contribution in [-0.2, 0) is 7.05 Å². The third kappa shape index (κ3) is 3.55. The van der Waals surface area contributed by atoms with Gasteiger partial charge < -0.3 is 4.57 Å². The van der Waals surface area contributed by atoms with Crippen molar-refractivity contribution in [2.45, 2.75) is 6.92 Å². The lowest BCUT2D eigenvalue weighted by Crippen LogP contribution is -2.22. The summed E-state index contributed by atoms with van der Waals surface area (Å²) in [5.74, 6) is 0.568. The van der Waals surface area contributed by atoms with Crippen molar-refractivity contribution >= 4 is 68.1 Å². The number of rotatable bonds is 3. The van der Waals surface area contributed by atoms with E-state index in [9.17, 15) is 4.79 Å². The second-order valence-electron chi connectivity index (χ2n) is 7.66. The number of aryl methyl sites for hydroxylation is 1. The molecular formula is C26H19ClIN3O. The van der Waals surface area contributed by atoms with Crippen LogP contribution in [0.2, 0.25) is 5.02 Å². The van der Waals surface area contributed by atoms with E-state index in [0.29, 0.717) is 21.7 Å². The molecule has 2 heterocycles. The molecule has 0 saturated carbocycles. The highest BCUT2D eigenvalue weighted by Gasteiger charge is 2.13. The first-order valence-electron chi connectivity index (χ1n) is 10.1. The maximum Gasteiger partial charge on any atom is 0.266 e. The average molecular weight is 552 g/mol. The highest BCUT2D eigenvalue weighted by Crippen LogP contribution is 2.27. The molecule has 2 aromatic heterocycles. The van der Waals surface area contributed by atoms with Crippen molar-refractivity contribution in [2.75, 3.05) is 0 Å². The zero-order valence-corrected chi connectivity index (χ0v) is 20.4. The molecule has 0 atom stereocenters. The Hall–Kier alpha value is -2.90. The second-order valence-corrected chi connectivity index (χ2v) is 9.34. The van der Waals surface area contributed by atoms with Gasteiger partial charge in [0.2, 0.25) is 0 Å². The van der Waals surface area contributed by atoms with Crippen molar-refractivity contribution in [3.05, 3.63) is 103 Å². The molecule has 0 spiro atoms. The Bertz CT molecular complexity index is 1580. The molecular weight excluding hydrogens is 533 g/mol. The Labute approximate surface area is 203 Å². The maximum absolute atomic E-state index is 13.5. The van der Waals surface area contributed by atoms with Crippen molar-refractivity contribution in [3.63, 3.8) is 0 Å². The number of hydrogen-bond acceptors (Lipinski definition) is 2. The fraction of sp³-hybridized carbons (Fsp3) is 0.0769. The molecule has 6 heteroatoms. The summed E-state index contributed by atoms with van der Waals surface area (Å²) >= 11 is 8.30. The molecule has 0 saturated heterocycles. The van der Waals surface area contributed by atoms with Crippen LogP contribution in [0.3, 0.4) is 0 Å². The third-order valence-corrected chi connectivity index (χ3v) is 6.71. The third-order valence-electron chi connectivity index (χ3n) is 5.79. The molecule has 0 radical (unpaired) electrons. The number of para-hydroxylation sites is 1. The van der Waals surface area contributed by atoms with Gasteiger partial charge in [-0.3, -0.25) is 9.36 Å². The summed E-state index contributed by atoms with van der Waals surface area (Å²) in [7, 11) is 2.06. The molecule has 3 aromatic carbocycles. The van der Waals surface area contributed by atoms with Crippen LogP contribution >= 0.6 is 34.2 Å². The molecule has 0 amide bonds. The van der Waals surface area contributed by atoms with Crippen LogP contribution in [0.5, 0.6) is 0 Å². The molecule has 0 fully saturated rings. The van der Waals surface area contributed by atoms with E-state index in [1.54, 1.807) is 16.7 Å². The summed E-state index contributed by atoms with van der Waals surface area (Å²) in [6, 6.07) is 21.3. The van der Waals surface area contributed by atoms with Crippen molar-refractivity contribution in [1.82, 2.24) is 14.1 Å². The van der Waals surface area contributed by atoms with Gasteiger partial charge in [-0.05, 0) is 90.2 Å². The number of benzene rings is 3. The first kappa shape index (κ1) is 21.0. The van der Waals surface area contributed by atoms with Gasteiger partial charge in [-0.1, -0.05) is 29.8 Å². The number of aromatic nitrogens is 3. The average Bonchev–Trinajstić information content (AvgIpc) is 3.04. The topological polar surface area (TPSA) is 39.8 Å². The smallest absolute Gasteiger partial charge is 0.266 e. The fourth-order valence-electron chi connectivity index (χ4n) is 4.04. The molecule has 0 bridgehead atoms. The summed E-state index contributed by atoms with van der Waals surface area (Å²) in [6.07, 6.45) is 3.96. The summed E-state index contributed by atoms with van der Waals surface area (Å²) in [6.45, 7) is 2.10. The fourth-order valence-corrected chi connectivity index (χ4v) is 4.66. The number of nitrogens with zero attached hydrogens (tertiary/aromatic N) is 3. The summed E-state index contributed by atoms with van der Waals surface area (Å²) in [5.41, 5.74) is 4.73. The Kier molecular flexibility index (Phi) is 5.39. The van der Waals surface area contributed by atoms with Gasteiger partial charge in [0, 0.05) is 37.8 Å². The quantitative estimate of drug-likeness (QED) is 0.237. The van der Waals surface area contributed by atoms with E-state index in [-0.39, 0.29) is 5.56 Å². The highest BCUT2D eigenvalue weighted by atomic mass is 127. The zero-order valence-electron chi connectivity index (χ0n) is 17.5. The zero-order chi connectivity index (χ0) is 22.4. The Morgan fingerprint density at radius 3 is 2.50 bits per heavy atom. The predicted molar refractivity (Wildman–Crippen MR) is 142 cm³/mol. The highest BCUT2D eigenvalue weighted by molar-refractivity contribution is 14.1. The molecule has 32 heavy (non-hydrogen) atoms. The summed E-state index contributed by atoms with van der Waals surface area (Å²) < 4.78 is 4.81. The van der Waals surface area contributed by atoms with Gasteiger partial charge >= 0.3 is 0 Å². The minimum absolute atomic E-state index is 0.106. The van der Waals surface area contributed by atoms with Crippen molar-refractivity contribution in [2.24, 2.45) is 7.05 Å². The van der Waals surface area contributed by atoms with E-state index in [1.165, 1.54) is 10.9 Å². The lowest BCUT2D eigenvalue weighted by molar-refractivity contribution is 0.916. The number of halogens is 2. The van der Waals surface area contributed by atoms with Crippen LogP contribution < -0.4 is 5.56 Å². The summed E-state index contributed by atoms with van der Waals surface area (Å²) in [4.78, 5) is 18.4. The Morgan fingerprint density at radius 1 is 0.969 bits per heavy atom. The van der Waals surface area contributed by atoms with Crippen LogP contribution in [0.25, 0.3) is 39.6 Å². The van der Waals surface area contributed by atoms with Gasteiger partial charge in [0.05, 0.1) is 16.6 Å². The van der Waals surface area contributed by atoms with Crippen molar-refractivity contribution in [3.8, 4) is 5.69 Å². The molecule has 0 aliphatic carbocycles. The van der Waals surface area contributed by atoms with Crippen LogP contribution in [0.4, 0.5) is 0 Å². The minimum Gasteiger partial charge on any atom is -0.347 e. The van der Waals surface area contributed by atoms with Gasteiger partial charge in [-0.25, -0.2) is 4.98 Å². The van der Waals surface area contributed by atoms with Crippen molar-refractivity contribution in [1.29, 1.82) is 0 Å². The Balaban J connectivity index is 1.76. The first-order valence-corrected chi connectivity index (χ1v) is 11.6. The van der Waals surface area contributed by atoms with Gasteiger partial charge in [0.25, 0.3) is 5.56 Å². The Morgan fingerprint density at radius 2 is 1.72 bits per heavy atom. The largest absolute Gasteiger partial charge is 0.347 e. The maximum atomic E-state index is 13.5. The molecule has 0 N–H and O–H groups in total. The van der Waals surface area contributed by atoms with Crippen LogP contribution in [-0.4, -0.2) is 14.1 Å². The summed E-state index contributed by atoms with van der Waals surface area (Å²) in [5, 5.41) is 2.37. The standard InChI is InChI=1S/C26H19ClIN3O/c1-16-20(21-5-3-4-6-24(21)30(16)2)12-14-25-29-23-13-9-18(28)15-22(23)26(32)31(25)19-10-7-17(27)8-11-19/h3-15H,1-2H3. The van der Waals surface area contributed by atoms with E-state index in [0.717, 1.165) is 20.5 Å². The first-order chi connectivity index (χ1) is 15.4. The lowest BCUT2D eigenvalue weighted by atomic mass is 10.1. The van der Waals surface area contributed by atoms with Crippen molar-refractivity contribution < 1.29 is 0 Å². The molecule has 158 valence electrons.